The summed E-state index contributed by atoms with van der Waals surface area (Å²) in [6, 6.07) is 16.0. The van der Waals surface area contributed by atoms with Gasteiger partial charge in [0.15, 0.2) is 0 Å². The number of amides is 1. The maximum Gasteiger partial charge on any atom is 0.243 e. The van der Waals surface area contributed by atoms with E-state index in [1.54, 1.807) is 36.4 Å². The first-order chi connectivity index (χ1) is 15.1. The van der Waals surface area contributed by atoms with Gasteiger partial charge >= 0.3 is 0 Å². The van der Waals surface area contributed by atoms with Gasteiger partial charge in [-0.2, -0.15) is 4.31 Å². The Bertz CT molecular complexity index is 1250. The van der Waals surface area contributed by atoms with Gasteiger partial charge in [-0.3, -0.25) is 4.79 Å². The normalized spacial score (nSPS) is 11.6. The monoisotopic (exact) mass is 530 g/mol. The van der Waals surface area contributed by atoms with Gasteiger partial charge in [-0.05, 0) is 42.8 Å². The molecule has 10 heteroatoms. The Morgan fingerprint density at radius 1 is 0.875 bits per heavy atom. The van der Waals surface area contributed by atoms with Gasteiger partial charge in [0.25, 0.3) is 0 Å². The number of nitrogens with one attached hydrogen (secondary N) is 1. The quantitative estimate of drug-likeness (QED) is 0.357. The highest BCUT2D eigenvalue weighted by molar-refractivity contribution is 7.89. The van der Waals surface area contributed by atoms with Crippen molar-refractivity contribution >= 4 is 68.0 Å². The predicted molar refractivity (Wildman–Crippen MR) is 130 cm³/mol. The first-order valence-electron chi connectivity index (χ1n) is 9.32. The summed E-state index contributed by atoms with van der Waals surface area (Å²) in [6.07, 6.45) is 0. The van der Waals surface area contributed by atoms with Crippen molar-refractivity contribution in [2.24, 2.45) is 0 Å². The molecule has 0 heterocycles. The molecule has 3 aromatic rings. The van der Waals surface area contributed by atoms with Crippen molar-refractivity contribution in [3.63, 3.8) is 0 Å². The summed E-state index contributed by atoms with van der Waals surface area (Å²) in [7, 11) is -4.01. The summed E-state index contributed by atoms with van der Waals surface area (Å²) in [6.45, 7) is 1.28. The van der Waals surface area contributed by atoms with Crippen LogP contribution in [0.25, 0.3) is 0 Å². The van der Waals surface area contributed by atoms with Gasteiger partial charge in [0.2, 0.25) is 15.9 Å². The number of nitrogens with zero attached hydrogens (tertiary/aromatic N) is 1. The second kappa shape index (κ2) is 10.4. The molecular formula is C22H18Cl4N2O3S. The molecule has 0 fully saturated rings. The summed E-state index contributed by atoms with van der Waals surface area (Å²) in [5.74, 6) is -0.604. The van der Waals surface area contributed by atoms with Crippen LogP contribution in [0.4, 0.5) is 5.69 Å². The van der Waals surface area contributed by atoms with Crippen LogP contribution in [0.5, 0.6) is 0 Å². The zero-order chi connectivity index (χ0) is 23.5. The Labute approximate surface area is 206 Å². The van der Waals surface area contributed by atoms with Gasteiger partial charge in [0.1, 0.15) is 0 Å². The number of halogens is 4. The van der Waals surface area contributed by atoms with Crippen LogP contribution in [0.1, 0.15) is 11.1 Å². The molecule has 0 atom stereocenters. The Balaban J connectivity index is 1.92. The lowest BCUT2D eigenvalue weighted by atomic mass is 10.2. The van der Waals surface area contributed by atoms with Crippen LogP contribution in [0, 0.1) is 6.92 Å². The number of carbonyl (C=O) groups is 1. The maximum absolute atomic E-state index is 13.4. The first kappa shape index (κ1) is 24.8. The molecule has 0 saturated carbocycles. The van der Waals surface area contributed by atoms with E-state index in [-0.39, 0.29) is 32.2 Å². The molecule has 0 aromatic heterocycles. The van der Waals surface area contributed by atoms with Crippen LogP contribution in [0.3, 0.4) is 0 Å². The number of anilines is 1. The van der Waals surface area contributed by atoms with E-state index in [0.29, 0.717) is 10.6 Å². The number of hydrogen-bond acceptors (Lipinski definition) is 3. The SMILES string of the molecule is Cc1ccc(S(=O)(=O)N(CC(=O)Nc2cc(Cl)c(Cl)cc2Cl)Cc2ccccc2Cl)cc1. The fourth-order valence-electron chi connectivity index (χ4n) is 2.87. The molecule has 0 saturated heterocycles. The second-order valence-electron chi connectivity index (χ2n) is 6.97. The molecular weight excluding hydrogens is 514 g/mol. The van der Waals surface area contributed by atoms with Crippen molar-refractivity contribution in [1.29, 1.82) is 0 Å². The average Bonchev–Trinajstić information content (AvgIpc) is 2.73. The average molecular weight is 532 g/mol. The molecule has 1 amide bonds. The lowest BCUT2D eigenvalue weighted by Crippen LogP contribution is -2.37. The van der Waals surface area contributed by atoms with E-state index in [0.717, 1.165) is 9.87 Å². The zero-order valence-corrected chi connectivity index (χ0v) is 20.6. The molecule has 3 rings (SSSR count). The Hall–Kier alpha value is -1.80. The third-order valence-electron chi connectivity index (χ3n) is 4.57. The van der Waals surface area contributed by atoms with Gasteiger partial charge in [0, 0.05) is 11.6 Å². The molecule has 0 aliphatic carbocycles. The molecule has 0 spiro atoms. The van der Waals surface area contributed by atoms with Crippen LogP contribution in [0.15, 0.2) is 65.6 Å². The number of sulfonamides is 1. The summed E-state index contributed by atoms with van der Waals surface area (Å²) in [5, 5.41) is 3.59. The van der Waals surface area contributed by atoms with E-state index in [2.05, 4.69) is 5.32 Å². The lowest BCUT2D eigenvalue weighted by Gasteiger charge is -2.23. The van der Waals surface area contributed by atoms with Gasteiger partial charge in [-0.15, -0.1) is 0 Å². The predicted octanol–water partition coefficient (Wildman–Crippen LogP) is 6.44. The highest BCUT2D eigenvalue weighted by atomic mass is 35.5. The zero-order valence-electron chi connectivity index (χ0n) is 16.8. The van der Waals surface area contributed by atoms with Crippen molar-refractivity contribution in [3.8, 4) is 0 Å². The molecule has 32 heavy (non-hydrogen) atoms. The van der Waals surface area contributed by atoms with Crippen molar-refractivity contribution < 1.29 is 13.2 Å². The molecule has 3 aromatic carbocycles. The van der Waals surface area contributed by atoms with Gasteiger partial charge in [-0.1, -0.05) is 82.3 Å². The van der Waals surface area contributed by atoms with E-state index >= 15 is 0 Å². The van der Waals surface area contributed by atoms with E-state index in [1.807, 2.05) is 6.92 Å². The van der Waals surface area contributed by atoms with E-state index in [1.165, 1.54) is 24.3 Å². The molecule has 0 aliphatic heterocycles. The summed E-state index contributed by atoms with van der Waals surface area (Å²) in [4.78, 5) is 12.9. The van der Waals surface area contributed by atoms with Crippen molar-refractivity contribution in [1.82, 2.24) is 4.31 Å². The fourth-order valence-corrected chi connectivity index (χ4v) is 5.03. The highest BCUT2D eigenvalue weighted by Gasteiger charge is 2.28. The third-order valence-corrected chi connectivity index (χ3v) is 7.78. The largest absolute Gasteiger partial charge is 0.324 e. The first-order valence-corrected chi connectivity index (χ1v) is 12.3. The Kier molecular flexibility index (Phi) is 8.09. The molecule has 0 aliphatic rings. The molecule has 5 nitrogen and oxygen atoms in total. The van der Waals surface area contributed by atoms with Crippen molar-refractivity contribution in [2.45, 2.75) is 18.4 Å². The molecule has 0 bridgehead atoms. The lowest BCUT2D eigenvalue weighted by molar-refractivity contribution is -0.116. The number of rotatable bonds is 7. The Morgan fingerprint density at radius 3 is 2.16 bits per heavy atom. The minimum atomic E-state index is -4.01. The highest BCUT2D eigenvalue weighted by Crippen LogP contribution is 2.32. The minimum Gasteiger partial charge on any atom is -0.324 e. The number of hydrogen-bond donors (Lipinski definition) is 1. The van der Waals surface area contributed by atoms with Crippen LogP contribution in [0.2, 0.25) is 20.1 Å². The van der Waals surface area contributed by atoms with Gasteiger partial charge < -0.3 is 5.32 Å². The Morgan fingerprint density at radius 2 is 1.50 bits per heavy atom. The van der Waals surface area contributed by atoms with Crippen LogP contribution in [-0.2, 0) is 21.4 Å². The van der Waals surface area contributed by atoms with Crippen LogP contribution < -0.4 is 5.32 Å². The van der Waals surface area contributed by atoms with Crippen LogP contribution in [-0.4, -0.2) is 25.2 Å². The molecule has 1 N–H and O–H groups in total. The molecule has 168 valence electrons. The van der Waals surface area contributed by atoms with E-state index in [4.69, 9.17) is 46.4 Å². The maximum atomic E-state index is 13.4. The smallest absolute Gasteiger partial charge is 0.243 e. The molecule has 0 unspecified atom stereocenters. The van der Waals surface area contributed by atoms with Crippen LogP contribution >= 0.6 is 46.4 Å². The minimum absolute atomic E-state index is 0.0653. The van der Waals surface area contributed by atoms with Crippen molar-refractivity contribution in [2.75, 3.05) is 11.9 Å². The standard InChI is InChI=1S/C22H18Cl4N2O3S/c1-14-6-8-16(9-7-14)32(30,31)28(12-15-4-2-3-5-17(15)23)13-22(29)27-21-11-19(25)18(24)10-20(21)26/h2-11H,12-13H2,1H3,(H,27,29). The number of carbonyl (C=O) groups excluding carboxylic acids is 1. The van der Waals surface area contributed by atoms with E-state index in [9.17, 15) is 13.2 Å². The topological polar surface area (TPSA) is 66.5 Å². The summed E-state index contributed by atoms with van der Waals surface area (Å²) < 4.78 is 27.8. The fraction of sp³-hybridized carbons (Fsp3) is 0.136. The molecule has 0 radical (unpaired) electrons. The number of aryl methyl sites for hydroxylation is 1. The number of benzene rings is 3. The summed E-state index contributed by atoms with van der Waals surface area (Å²) >= 11 is 24.3. The summed E-state index contributed by atoms with van der Waals surface area (Å²) in [5.41, 5.74) is 1.69. The van der Waals surface area contributed by atoms with Gasteiger partial charge in [-0.25, -0.2) is 8.42 Å². The van der Waals surface area contributed by atoms with Crippen molar-refractivity contribution in [3.05, 3.63) is 91.9 Å². The van der Waals surface area contributed by atoms with Gasteiger partial charge in [0.05, 0.1) is 32.2 Å². The second-order valence-corrected chi connectivity index (χ2v) is 10.5. The van der Waals surface area contributed by atoms with E-state index < -0.39 is 22.5 Å². The third kappa shape index (κ3) is 5.95.